The highest BCUT2D eigenvalue weighted by atomic mass is 35.5. The van der Waals surface area contributed by atoms with Gasteiger partial charge in [0.1, 0.15) is 11.6 Å². The second kappa shape index (κ2) is 11.9. The number of rotatable bonds is 6. The van der Waals surface area contributed by atoms with E-state index in [4.69, 9.17) is 33.8 Å². The summed E-state index contributed by atoms with van der Waals surface area (Å²) in [5, 5.41) is 8.22. The van der Waals surface area contributed by atoms with E-state index < -0.39 is 0 Å². The molecule has 3 aliphatic rings. The minimum absolute atomic E-state index is 0.0648. The van der Waals surface area contributed by atoms with E-state index in [1.54, 1.807) is 0 Å². The first-order valence-electron chi connectivity index (χ1n) is 14.7. The number of fused-ring (bicyclic) bond motifs is 1. The van der Waals surface area contributed by atoms with Gasteiger partial charge in [-0.15, -0.1) is 0 Å². The summed E-state index contributed by atoms with van der Waals surface area (Å²) in [5.74, 6) is 3.16. The average Bonchev–Trinajstić information content (AvgIpc) is 3.46. The first-order valence-corrected chi connectivity index (χ1v) is 15.5. The maximum Gasteiger partial charge on any atom is 0.232 e. The summed E-state index contributed by atoms with van der Waals surface area (Å²) in [6.07, 6.45) is 8.22. The molecule has 1 aromatic heterocycles. The maximum atomic E-state index is 6.18. The number of hydrogen-bond donors (Lipinski definition) is 2. The zero-order chi connectivity index (χ0) is 27.5. The lowest BCUT2D eigenvalue weighted by Crippen LogP contribution is -2.41. The summed E-state index contributed by atoms with van der Waals surface area (Å²) in [5.41, 5.74) is 4.20. The summed E-state index contributed by atoms with van der Waals surface area (Å²) >= 11 is 12.0. The van der Waals surface area contributed by atoms with Crippen molar-refractivity contribution in [1.82, 2.24) is 15.3 Å². The minimum Gasteiger partial charge on any atom is -0.361 e. The van der Waals surface area contributed by atoms with Crippen LogP contribution in [0, 0.1) is 5.92 Å². The lowest BCUT2D eigenvalue weighted by molar-refractivity contribution is 0.435. The molecule has 2 fully saturated rings. The molecule has 6 nitrogen and oxygen atoms in total. The average molecular weight is 575 g/mol. The Morgan fingerprint density at radius 1 is 0.975 bits per heavy atom. The van der Waals surface area contributed by atoms with E-state index >= 15 is 0 Å². The van der Waals surface area contributed by atoms with Crippen LogP contribution in [0.25, 0.3) is 0 Å². The van der Waals surface area contributed by atoms with Gasteiger partial charge < -0.3 is 20.4 Å². The SMILES string of the molecule is C[C@H]1CCCN(c2cc(N3CCc4ccccc4C3)nc(NC(=S)NCC3(c4ccc(Cl)cc4)CCCC3)n2)C1. The number of aromatic nitrogens is 2. The number of halogens is 1. The molecule has 8 heteroatoms. The predicted octanol–water partition coefficient (Wildman–Crippen LogP) is 6.73. The fourth-order valence-electron chi connectivity index (χ4n) is 6.71. The third-order valence-electron chi connectivity index (χ3n) is 8.96. The molecule has 2 aromatic carbocycles. The van der Waals surface area contributed by atoms with Gasteiger partial charge in [-0.05, 0) is 79.1 Å². The molecule has 1 atom stereocenters. The van der Waals surface area contributed by atoms with Gasteiger partial charge in [0.2, 0.25) is 5.95 Å². The molecule has 1 aliphatic carbocycles. The molecule has 2 aliphatic heterocycles. The number of nitrogens with zero attached hydrogens (tertiary/aromatic N) is 4. The summed E-state index contributed by atoms with van der Waals surface area (Å²) in [7, 11) is 0. The zero-order valence-corrected chi connectivity index (χ0v) is 24.9. The Morgan fingerprint density at radius 3 is 2.45 bits per heavy atom. The minimum atomic E-state index is 0.0648. The molecule has 2 N–H and O–H groups in total. The normalized spacial score (nSPS) is 20.2. The highest BCUT2D eigenvalue weighted by Gasteiger charge is 2.35. The summed E-state index contributed by atoms with van der Waals surface area (Å²) < 4.78 is 0. The Labute approximate surface area is 248 Å². The second-order valence-corrected chi connectivity index (χ2v) is 12.7. The molecule has 1 saturated heterocycles. The lowest BCUT2D eigenvalue weighted by atomic mass is 9.79. The van der Waals surface area contributed by atoms with Crippen molar-refractivity contribution in [2.45, 2.75) is 63.8 Å². The van der Waals surface area contributed by atoms with Crippen molar-refractivity contribution in [2.24, 2.45) is 5.92 Å². The third-order valence-corrected chi connectivity index (χ3v) is 9.46. The van der Waals surface area contributed by atoms with E-state index in [9.17, 15) is 0 Å². The summed E-state index contributed by atoms with van der Waals surface area (Å²) in [6.45, 7) is 6.94. The van der Waals surface area contributed by atoms with Gasteiger partial charge in [0.05, 0.1) is 0 Å². The zero-order valence-electron chi connectivity index (χ0n) is 23.3. The predicted molar refractivity (Wildman–Crippen MR) is 170 cm³/mol. The molecule has 0 bridgehead atoms. The molecule has 3 aromatic rings. The first kappa shape index (κ1) is 27.3. The molecule has 6 rings (SSSR count). The molecule has 0 unspecified atom stereocenters. The van der Waals surface area contributed by atoms with E-state index in [0.717, 1.165) is 68.6 Å². The van der Waals surface area contributed by atoms with Gasteiger partial charge in [0.25, 0.3) is 0 Å². The summed E-state index contributed by atoms with van der Waals surface area (Å²) in [4.78, 5) is 14.7. The number of thiocarbonyl (C=S) groups is 1. The highest BCUT2D eigenvalue weighted by molar-refractivity contribution is 7.80. The van der Waals surface area contributed by atoms with E-state index in [0.29, 0.717) is 17.0 Å². The number of anilines is 3. The topological polar surface area (TPSA) is 56.3 Å². The maximum absolute atomic E-state index is 6.18. The molecule has 0 spiro atoms. The molecule has 1 saturated carbocycles. The molecule has 210 valence electrons. The van der Waals surface area contributed by atoms with Crippen molar-refractivity contribution in [2.75, 3.05) is 41.3 Å². The van der Waals surface area contributed by atoms with Crippen LogP contribution in [-0.2, 0) is 18.4 Å². The number of benzene rings is 2. The van der Waals surface area contributed by atoms with Crippen molar-refractivity contribution in [1.29, 1.82) is 0 Å². The number of nitrogens with one attached hydrogen (secondary N) is 2. The van der Waals surface area contributed by atoms with Gasteiger partial charge in [-0.1, -0.05) is 67.8 Å². The van der Waals surface area contributed by atoms with Gasteiger partial charge in [-0.2, -0.15) is 9.97 Å². The van der Waals surface area contributed by atoms with Crippen LogP contribution < -0.4 is 20.4 Å². The fraction of sp³-hybridized carbons (Fsp3) is 0.469. The highest BCUT2D eigenvalue weighted by Crippen LogP contribution is 2.41. The Bertz CT molecular complexity index is 1340. The molecular formula is C32H39ClN6S. The van der Waals surface area contributed by atoms with Crippen molar-refractivity contribution >= 4 is 46.5 Å². The van der Waals surface area contributed by atoms with E-state index in [-0.39, 0.29) is 5.41 Å². The Kier molecular flexibility index (Phi) is 8.12. The molecule has 3 heterocycles. The standard InChI is InChI=1S/C32H39ClN6S/c1-23-7-6-17-38(20-23)28-19-29(39-18-14-24-8-2-3-9-25(24)21-39)36-30(35-28)37-31(40)34-22-32(15-4-5-16-32)26-10-12-27(33)13-11-26/h2-3,8-13,19,23H,4-7,14-18,20-22H2,1H3,(H2,34,35,36,37,40)/t23-/m0/s1. The Balaban J connectivity index is 1.21. The van der Waals surface area contributed by atoms with Crippen LogP contribution in [0.1, 0.15) is 62.1 Å². The van der Waals surface area contributed by atoms with E-state index in [1.165, 1.54) is 42.4 Å². The smallest absolute Gasteiger partial charge is 0.232 e. The largest absolute Gasteiger partial charge is 0.361 e. The fourth-order valence-corrected chi connectivity index (χ4v) is 7.00. The summed E-state index contributed by atoms with van der Waals surface area (Å²) in [6, 6.07) is 19.2. The van der Waals surface area contributed by atoms with Crippen molar-refractivity contribution in [3.63, 3.8) is 0 Å². The van der Waals surface area contributed by atoms with Gasteiger partial charge in [-0.25, -0.2) is 0 Å². The second-order valence-electron chi connectivity index (χ2n) is 11.8. The molecular weight excluding hydrogens is 536 g/mol. The molecule has 40 heavy (non-hydrogen) atoms. The quantitative estimate of drug-likeness (QED) is 0.317. The van der Waals surface area contributed by atoms with Crippen LogP contribution in [0.4, 0.5) is 17.6 Å². The van der Waals surface area contributed by atoms with Crippen LogP contribution >= 0.6 is 23.8 Å². The van der Waals surface area contributed by atoms with Crippen molar-refractivity contribution in [3.8, 4) is 0 Å². The Morgan fingerprint density at radius 2 is 1.70 bits per heavy atom. The third kappa shape index (κ3) is 6.06. The van der Waals surface area contributed by atoms with Crippen molar-refractivity contribution in [3.05, 3.63) is 76.3 Å². The van der Waals surface area contributed by atoms with E-state index in [1.807, 2.05) is 12.1 Å². The molecule has 0 radical (unpaired) electrons. The van der Waals surface area contributed by atoms with Crippen LogP contribution in [0.3, 0.4) is 0 Å². The van der Waals surface area contributed by atoms with E-state index in [2.05, 4.69) is 69.8 Å². The van der Waals surface area contributed by atoms with Crippen LogP contribution in [0.5, 0.6) is 0 Å². The molecule has 0 amide bonds. The van der Waals surface area contributed by atoms with Crippen molar-refractivity contribution < 1.29 is 0 Å². The van der Waals surface area contributed by atoms with Gasteiger partial charge in [0, 0.05) is 49.2 Å². The lowest BCUT2D eigenvalue weighted by Gasteiger charge is -2.34. The first-order chi connectivity index (χ1) is 19.5. The van der Waals surface area contributed by atoms with Crippen LogP contribution in [0.15, 0.2) is 54.6 Å². The number of hydrogen-bond acceptors (Lipinski definition) is 5. The van der Waals surface area contributed by atoms with Gasteiger partial charge in [0.15, 0.2) is 5.11 Å². The number of piperidine rings is 1. The van der Waals surface area contributed by atoms with Crippen LogP contribution in [-0.4, -0.2) is 41.3 Å². The monoisotopic (exact) mass is 574 g/mol. The van der Waals surface area contributed by atoms with Crippen LogP contribution in [0.2, 0.25) is 5.02 Å². The van der Waals surface area contributed by atoms with Gasteiger partial charge >= 0.3 is 0 Å². The van der Waals surface area contributed by atoms with Gasteiger partial charge in [-0.3, -0.25) is 0 Å². The Hall–Kier alpha value is -2.90.